The molecule has 1 rings (SSSR count). The summed E-state index contributed by atoms with van der Waals surface area (Å²) >= 11 is 0. The third-order valence-electron chi connectivity index (χ3n) is 4.11. The fourth-order valence-corrected chi connectivity index (χ4v) is 2.54. The van der Waals surface area contributed by atoms with Crippen molar-refractivity contribution >= 4 is 0 Å². The van der Waals surface area contributed by atoms with Crippen molar-refractivity contribution in [1.29, 1.82) is 0 Å². The lowest BCUT2D eigenvalue weighted by Gasteiger charge is -2.32. The van der Waals surface area contributed by atoms with E-state index in [0.717, 1.165) is 6.54 Å². The van der Waals surface area contributed by atoms with Crippen LogP contribution in [0.25, 0.3) is 0 Å². The summed E-state index contributed by atoms with van der Waals surface area (Å²) in [5.41, 5.74) is 4.71. The van der Waals surface area contributed by atoms with Gasteiger partial charge in [0.15, 0.2) is 0 Å². The summed E-state index contributed by atoms with van der Waals surface area (Å²) in [7, 11) is 0. The van der Waals surface area contributed by atoms with E-state index in [0.29, 0.717) is 11.5 Å². The van der Waals surface area contributed by atoms with Gasteiger partial charge in [0, 0.05) is 6.04 Å². The second kappa shape index (κ2) is 7.09. The first-order valence-corrected chi connectivity index (χ1v) is 7.64. The highest BCUT2D eigenvalue weighted by atomic mass is 14.9. The topological polar surface area (TPSA) is 12.0 Å². The van der Waals surface area contributed by atoms with E-state index >= 15 is 0 Å². The van der Waals surface area contributed by atoms with E-state index in [1.54, 1.807) is 0 Å². The van der Waals surface area contributed by atoms with Crippen molar-refractivity contribution in [2.45, 2.75) is 66.8 Å². The van der Waals surface area contributed by atoms with Crippen molar-refractivity contribution in [1.82, 2.24) is 5.32 Å². The number of rotatable bonds is 6. The van der Waals surface area contributed by atoms with Gasteiger partial charge in [0.25, 0.3) is 0 Å². The average Bonchev–Trinajstić information content (AvgIpc) is 2.32. The van der Waals surface area contributed by atoms with Crippen LogP contribution in [0.5, 0.6) is 0 Å². The van der Waals surface area contributed by atoms with Gasteiger partial charge in [-0.15, -0.1) is 0 Å². The molecule has 1 nitrogen and oxygen atoms in total. The Kier molecular flexibility index (Phi) is 6.06. The number of hydrogen-bond donors (Lipinski definition) is 1. The molecular weight excluding hydrogens is 230 g/mol. The highest BCUT2D eigenvalue weighted by molar-refractivity contribution is 5.33. The molecule has 1 N–H and O–H groups in total. The number of aryl methyl sites for hydroxylation is 2. The molecule has 1 aromatic carbocycles. The van der Waals surface area contributed by atoms with Crippen LogP contribution in [0.2, 0.25) is 0 Å². The molecule has 0 saturated carbocycles. The van der Waals surface area contributed by atoms with E-state index in [4.69, 9.17) is 0 Å². The molecule has 0 spiro atoms. The van der Waals surface area contributed by atoms with Crippen LogP contribution < -0.4 is 5.32 Å². The summed E-state index contributed by atoms with van der Waals surface area (Å²) in [4.78, 5) is 0. The van der Waals surface area contributed by atoms with Crippen molar-refractivity contribution < 1.29 is 0 Å². The largest absolute Gasteiger partial charge is 0.313 e. The molecule has 0 aliphatic heterocycles. The standard InChI is InChI=1S/C18H31N/c1-7-13-19-17(18(4,5)6)12-11-16-10-8-9-14(2)15(16)3/h8-10,17,19H,7,11-13H2,1-6H3. The maximum Gasteiger partial charge on any atom is 0.0119 e. The molecule has 1 unspecified atom stereocenters. The molecule has 0 radical (unpaired) electrons. The molecule has 108 valence electrons. The Balaban J connectivity index is 2.68. The van der Waals surface area contributed by atoms with Gasteiger partial charge in [-0.1, -0.05) is 45.9 Å². The van der Waals surface area contributed by atoms with Crippen LogP contribution in [0.15, 0.2) is 18.2 Å². The fourth-order valence-electron chi connectivity index (χ4n) is 2.54. The van der Waals surface area contributed by atoms with Gasteiger partial charge in [-0.25, -0.2) is 0 Å². The number of benzene rings is 1. The van der Waals surface area contributed by atoms with Crippen molar-refractivity contribution in [2.75, 3.05) is 6.54 Å². The first-order valence-electron chi connectivity index (χ1n) is 7.64. The van der Waals surface area contributed by atoms with Crippen LogP contribution in [-0.4, -0.2) is 12.6 Å². The second-order valence-electron chi connectivity index (χ2n) is 6.77. The van der Waals surface area contributed by atoms with Gasteiger partial charge in [-0.05, 0) is 61.8 Å². The van der Waals surface area contributed by atoms with E-state index in [9.17, 15) is 0 Å². The molecular formula is C18H31N. The molecule has 0 aliphatic rings. The van der Waals surface area contributed by atoms with Crippen molar-refractivity contribution in [3.8, 4) is 0 Å². The Bertz CT molecular complexity index is 387. The molecule has 0 saturated heterocycles. The average molecular weight is 261 g/mol. The molecule has 0 bridgehead atoms. The highest BCUT2D eigenvalue weighted by Gasteiger charge is 2.23. The Hall–Kier alpha value is -0.820. The lowest BCUT2D eigenvalue weighted by atomic mass is 9.82. The third kappa shape index (κ3) is 4.99. The Morgan fingerprint density at radius 3 is 2.42 bits per heavy atom. The maximum absolute atomic E-state index is 3.71. The van der Waals surface area contributed by atoms with E-state index in [1.165, 1.54) is 36.0 Å². The van der Waals surface area contributed by atoms with Crippen LogP contribution in [0.1, 0.15) is 57.2 Å². The van der Waals surface area contributed by atoms with E-state index < -0.39 is 0 Å². The molecule has 19 heavy (non-hydrogen) atoms. The molecule has 1 heteroatoms. The molecule has 1 atom stereocenters. The van der Waals surface area contributed by atoms with Gasteiger partial charge in [0.2, 0.25) is 0 Å². The minimum absolute atomic E-state index is 0.326. The first-order chi connectivity index (χ1) is 8.86. The lowest BCUT2D eigenvalue weighted by molar-refractivity contribution is 0.255. The van der Waals surface area contributed by atoms with Crippen molar-refractivity contribution in [2.24, 2.45) is 5.41 Å². The number of hydrogen-bond acceptors (Lipinski definition) is 1. The van der Waals surface area contributed by atoms with Crippen molar-refractivity contribution in [3.63, 3.8) is 0 Å². The monoisotopic (exact) mass is 261 g/mol. The summed E-state index contributed by atoms with van der Waals surface area (Å²) < 4.78 is 0. The Morgan fingerprint density at radius 2 is 1.84 bits per heavy atom. The van der Waals surface area contributed by atoms with Gasteiger partial charge >= 0.3 is 0 Å². The maximum atomic E-state index is 3.71. The van der Waals surface area contributed by atoms with Crippen LogP contribution >= 0.6 is 0 Å². The van der Waals surface area contributed by atoms with Crippen LogP contribution in [-0.2, 0) is 6.42 Å². The predicted octanol–water partition coefficient (Wildman–Crippen LogP) is 4.65. The Morgan fingerprint density at radius 1 is 1.16 bits per heavy atom. The minimum Gasteiger partial charge on any atom is -0.313 e. The van der Waals surface area contributed by atoms with Crippen LogP contribution in [0.4, 0.5) is 0 Å². The fraction of sp³-hybridized carbons (Fsp3) is 0.667. The SMILES string of the molecule is CCCNC(CCc1cccc(C)c1C)C(C)(C)C. The van der Waals surface area contributed by atoms with Gasteiger partial charge in [0.05, 0.1) is 0 Å². The van der Waals surface area contributed by atoms with Crippen molar-refractivity contribution in [3.05, 3.63) is 34.9 Å². The first kappa shape index (κ1) is 16.2. The molecule has 0 aromatic heterocycles. The summed E-state index contributed by atoms with van der Waals surface area (Å²) in [6, 6.07) is 7.26. The predicted molar refractivity (Wildman–Crippen MR) is 85.8 cm³/mol. The van der Waals surface area contributed by atoms with Gasteiger partial charge in [0.1, 0.15) is 0 Å². The van der Waals surface area contributed by atoms with E-state index in [2.05, 4.69) is 65.1 Å². The summed E-state index contributed by atoms with van der Waals surface area (Å²) in [6.45, 7) is 14.8. The molecule has 1 aromatic rings. The van der Waals surface area contributed by atoms with Gasteiger partial charge in [-0.3, -0.25) is 0 Å². The zero-order valence-corrected chi connectivity index (χ0v) is 13.6. The summed E-state index contributed by atoms with van der Waals surface area (Å²) in [5, 5.41) is 3.71. The van der Waals surface area contributed by atoms with Crippen LogP contribution in [0.3, 0.4) is 0 Å². The summed E-state index contributed by atoms with van der Waals surface area (Å²) in [6.07, 6.45) is 3.59. The molecule has 0 aliphatic carbocycles. The van der Waals surface area contributed by atoms with Gasteiger partial charge in [-0.2, -0.15) is 0 Å². The van der Waals surface area contributed by atoms with Gasteiger partial charge < -0.3 is 5.32 Å². The zero-order valence-electron chi connectivity index (χ0n) is 13.6. The van der Waals surface area contributed by atoms with E-state index in [1.807, 2.05) is 0 Å². The third-order valence-corrected chi connectivity index (χ3v) is 4.11. The smallest absolute Gasteiger partial charge is 0.0119 e. The quantitative estimate of drug-likeness (QED) is 0.786. The highest BCUT2D eigenvalue weighted by Crippen LogP contribution is 2.24. The van der Waals surface area contributed by atoms with E-state index in [-0.39, 0.29) is 0 Å². The number of nitrogens with one attached hydrogen (secondary N) is 1. The molecule has 0 heterocycles. The Labute approximate surface area is 119 Å². The lowest BCUT2D eigenvalue weighted by Crippen LogP contribution is -2.41. The minimum atomic E-state index is 0.326. The van der Waals surface area contributed by atoms with Crippen LogP contribution in [0, 0.1) is 19.3 Å². The zero-order chi connectivity index (χ0) is 14.5. The second-order valence-corrected chi connectivity index (χ2v) is 6.77. The normalized spacial score (nSPS) is 13.6. The molecule has 0 amide bonds. The molecule has 0 fully saturated rings. The summed E-state index contributed by atoms with van der Waals surface area (Å²) in [5.74, 6) is 0.